The summed E-state index contributed by atoms with van der Waals surface area (Å²) in [7, 11) is 1.84. The molecule has 0 aliphatic carbocycles. The number of pyridine rings is 1. The van der Waals surface area contributed by atoms with E-state index in [-0.39, 0.29) is 5.91 Å². The lowest BCUT2D eigenvalue weighted by molar-refractivity contribution is 0.0801. The summed E-state index contributed by atoms with van der Waals surface area (Å²) >= 11 is 1.45. The molecule has 1 amide bonds. The molecule has 0 unspecified atom stereocenters. The van der Waals surface area contributed by atoms with Gasteiger partial charge < -0.3 is 4.90 Å². The van der Waals surface area contributed by atoms with Crippen LogP contribution in [0.5, 0.6) is 0 Å². The fourth-order valence-corrected chi connectivity index (χ4v) is 4.15. The van der Waals surface area contributed by atoms with E-state index in [0.29, 0.717) is 17.8 Å². The first kappa shape index (κ1) is 19.0. The number of rotatable bonds is 6. The topological polar surface area (TPSA) is 46.1 Å². The van der Waals surface area contributed by atoms with Crippen LogP contribution in [0.3, 0.4) is 0 Å². The average molecular weight is 400 g/mol. The zero-order valence-electron chi connectivity index (χ0n) is 16.2. The molecule has 0 aliphatic rings. The fourth-order valence-electron chi connectivity index (χ4n) is 3.06. The molecule has 0 bridgehead atoms. The number of likely N-dealkylation sites (N-methyl/N-ethyl adjacent to an activating group) is 1. The molecule has 0 saturated carbocycles. The lowest BCUT2D eigenvalue weighted by Gasteiger charge is -2.16. The monoisotopic (exact) mass is 399 g/mol. The predicted octanol–water partition coefficient (Wildman–Crippen LogP) is 5.19. The lowest BCUT2D eigenvalue weighted by atomic mass is 10.1. The minimum atomic E-state index is -0.0144. The van der Waals surface area contributed by atoms with Crippen molar-refractivity contribution in [1.82, 2.24) is 14.9 Å². The van der Waals surface area contributed by atoms with Gasteiger partial charge in [0.05, 0.1) is 5.69 Å². The van der Waals surface area contributed by atoms with Gasteiger partial charge >= 0.3 is 0 Å². The number of hydrogen-bond donors (Lipinski definition) is 0. The maximum Gasteiger partial charge on any atom is 0.266 e. The molecule has 4 nitrogen and oxygen atoms in total. The Hall–Kier alpha value is -3.31. The van der Waals surface area contributed by atoms with E-state index in [9.17, 15) is 4.79 Å². The van der Waals surface area contributed by atoms with Crippen LogP contribution in [0.25, 0.3) is 21.8 Å². The third-order valence-electron chi connectivity index (χ3n) is 4.67. The van der Waals surface area contributed by atoms with E-state index >= 15 is 0 Å². The molecule has 0 atom stereocenters. The highest BCUT2D eigenvalue weighted by Crippen LogP contribution is 2.34. The largest absolute Gasteiger partial charge is 0.341 e. The van der Waals surface area contributed by atoms with Gasteiger partial charge in [-0.2, -0.15) is 0 Å². The van der Waals surface area contributed by atoms with E-state index in [0.717, 1.165) is 27.5 Å². The van der Waals surface area contributed by atoms with E-state index in [2.05, 4.69) is 4.98 Å². The minimum Gasteiger partial charge on any atom is -0.341 e. The quantitative estimate of drug-likeness (QED) is 0.448. The summed E-state index contributed by atoms with van der Waals surface area (Å²) in [6, 6.07) is 25.7. The number of hydrogen-bond acceptors (Lipinski definition) is 4. The first-order valence-corrected chi connectivity index (χ1v) is 10.3. The highest BCUT2D eigenvalue weighted by molar-refractivity contribution is 7.17. The summed E-state index contributed by atoms with van der Waals surface area (Å²) < 4.78 is 0. The number of amides is 1. The molecule has 0 N–H and O–H groups in total. The van der Waals surface area contributed by atoms with Crippen LogP contribution in [-0.2, 0) is 6.42 Å². The molecule has 0 fully saturated rings. The van der Waals surface area contributed by atoms with Gasteiger partial charge in [-0.1, -0.05) is 66.7 Å². The first-order chi connectivity index (χ1) is 14.2. The second-order valence-electron chi connectivity index (χ2n) is 6.73. The smallest absolute Gasteiger partial charge is 0.266 e. The predicted molar refractivity (Wildman–Crippen MR) is 118 cm³/mol. The van der Waals surface area contributed by atoms with Crippen LogP contribution < -0.4 is 0 Å². The van der Waals surface area contributed by atoms with Crippen molar-refractivity contribution in [3.8, 4) is 21.8 Å². The lowest BCUT2D eigenvalue weighted by Crippen LogP contribution is -2.28. The van der Waals surface area contributed by atoms with Crippen molar-refractivity contribution >= 4 is 17.2 Å². The second kappa shape index (κ2) is 8.80. The minimum absolute atomic E-state index is 0.0144. The third kappa shape index (κ3) is 4.41. The standard InChI is InChI=1S/C24H21N3OS/c1-27(17-15-20-14-8-9-16-25-20)24(28)22-21(18-10-4-2-5-11-18)26-23(29-22)19-12-6-3-7-13-19/h2-14,16H,15,17H2,1H3. The molecule has 5 heteroatoms. The Bertz CT molecular complexity index is 1080. The van der Waals surface area contributed by atoms with Gasteiger partial charge in [-0.05, 0) is 12.1 Å². The summed E-state index contributed by atoms with van der Waals surface area (Å²) in [4.78, 5) is 24.9. The fraction of sp³-hybridized carbons (Fsp3) is 0.125. The van der Waals surface area contributed by atoms with E-state index in [1.807, 2.05) is 85.9 Å². The molecular weight excluding hydrogens is 378 g/mol. The van der Waals surface area contributed by atoms with Crippen molar-refractivity contribution in [3.63, 3.8) is 0 Å². The molecule has 2 aromatic heterocycles. The molecule has 0 radical (unpaired) electrons. The molecule has 29 heavy (non-hydrogen) atoms. The van der Waals surface area contributed by atoms with Gasteiger partial charge in [-0.3, -0.25) is 9.78 Å². The van der Waals surface area contributed by atoms with Crippen LogP contribution in [0.15, 0.2) is 85.1 Å². The summed E-state index contributed by atoms with van der Waals surface area (Å²) in [5, 5.41) is 0.853. The van der Waals surface area contributed by atoms with Crippen molar-refractivity contribution in [2.24, 2.45) is 0 Å². The Labute approximate surface area is 174 Å². The number of benzene rings is 2. The van der Waals surface area contributed by atoms with E-state index in [1.165, 1.54) is 11.3 Å². The summed E-state index contributed by atoms with van der Waals surface area (Å²) in [5.74, 6) is -0.0144. The van der Waals surface area contributed by atoms with Gasteiger partial charge in [-0.15, -0.1) is 11.3 Å². The average Bonchev–Trinajstić information content (AvgIpc) is 3.24. The summed E-state index contributed by atoms with van der Waals surface area (Å²) in [5.41, 5.74) is 3.69. The van der Waals surface area contributed by atoms with Crippen molar-refractivity contribution in [2.45, 2.75) is 6.42 Å². The molecule has 4 rings (SSSR count). The van der Waals surface area contributed by atoms with Gasteiger partial charge in [0.25, 0.3) is 5.91 Å². The van der Waals surface area contributed by atoms with E-state index in [1.54, 1.807) is 11.1 Å². The third-order valence-corrected chi connectivity index (χ3v) is 5.76. The summed E-state index contributed by atoms with van der Waals surface area (Å²) in [6.07, 6.45) is 2.49. The maximum atomic E-state index is 13.3. The Kier molecular flexibility index (Phi) is 5.77. The molecule has 2 aromatic carbocycles. The van der Waals surface area contributed by atoms with Gasteiger partial charge in [0.1, 0.15) is 9.88 Å². The Balaban J connectivity index is 1.64. The molecule has 0 saturated heterocycles. The number of nitrogens with zero attached hydrogens (tertiary/aromatic N) is 3. The summed E-state index contributed by atoms with van der Waals surface area (Å²) in [6.45, 7) is 0.600. The normalized spacial score (nSPS) is 10.7. The molecule has 0 aliphatic heterocycles. The number of carbonyl (C=O) groups excluding carboxylic acids is 1. The highest BCUT2D eigenvalue weighted by atomic mass is 32.1. The SMILES string of the molecule is CN(CCc1ccccn1)C(=O)c1sc(-c2ccccc2)nc1-c1ccccc1. The second-order valence-corrected chi connectivity index (χ2v) is 7.73. The molecule has 0 spiro atoms. The molecular formula is C24H21N3OS. The van der Waals surface area contributed by atoms with Crippen LogP contribution >= 0.6 is 11.3 Å². The van der Waals surface area contributed by atoms with Crippen LogP contribution in [0.2, 0.25) is 0 Å². The first-order valence-electron chi connectivity index (χ1n) is 9.49. The zero-order valence-corrected chi connectivity index (χ0v) is 17.0. The van der Waals surface area contributed by atoms with Crippen molar-refractivity contribution in [1.29, 1.82) is 0 Å². The molecule has 2 heterocycles. The van der Waals surface area contributed by atoms with Crippen LogP contribution in [0, 0.1) is 0 Å². The number of thiazole rings is 1. The van der Waals surface area contributed by atoms with Crippen molar-refractivity contribution in [3.05, 3.63) is 95.6 Å². The molecule has 144 valence electrons. The van der Waals surface area contributed by atoms with E-state index < -0.39 is 0 Å². The van der Waals surface area contributed by atoms with Gasteiger partial charge in [0.15, 0.2) is 0 Å². The maximum absolute atomic E-state index is 13.3. The van der Waals surface area contributed by atoms with Crippen LogP contribution in [-0.4, -0.2) is 34.4 Å². The van der Waals surface area contributed by atoms with Gasteiger partial charge in [-0.25, -0.2) is 4.98 Å². The Morgan fingerprint density at radius 2 is 1.55 bits per heavy atom. The number of carbonyl (C=O) groups is 1. The van der Waals surface area contributed by atoms with Crippen LogP contribution in [0.4, 0.5) is 0 Å². The van der Waals surface area contributed by atoms with Crippen molar-refractivity contribution in [2.75, 3.05) is 13.6 Å². The highest BCUT2D eigenvalue weighted by Gasteiger charge is 2.22. The van der Waals surface area contributed by atoms with E-state index in [4.69, 9.17) is 4.98 Å². The zero-order chi connectivity index (χ0) is 20.1. The Morgan fingerprint density at radius 3 is 2.21 bits per heavy atom. The molecule has 4 aromatic rings. The van der Waals surface area contributed by atoms with Crippen molar-refractivity contribution < 1.29 is 4.79 Å². The number of aromatic nitrogens is 2. The van der Waals surface area contributed by atoms with Crippen LogP contribution in [0.1, 0.15) is 15.4 Å². The van der Waals surface area contributed by atoms with Gasteiger partial charge in [0, 0.05) is 43.0 Å². The Morgan fingerprint density at radius 1 is 0.897 bits per heavy atom. The van der Waals surface area contributed by atoms with Gasteiger partial charge in [0.2, 0.25) is 0 Å².